The molecule has 26 heavy (non-hydrogen) atoms. The average Bonchev–Trinajstić information content (AvgIpc) is 2.99. The van der Waals surface area contributed by atoms with Gasteiger partial charge in [0, 0.05) is 12.5 Å². The van der Waals surface area contributed by atoms with Gasteiger partial charge in [-0.3, -0.25) is 4.79 Å². The first-order valence-corrected chi connectivity index (χ1v) is 7.58. The number of hydrogen-bond donors (Lipinski definition) is 2. The molecule has 0 saturated carbocycles. The Morgan fingerprint density at radius 2 is 1.96 bits per heavy atom. The highest BCUT2D eigenvalue weighted by Crippen LogP contribution is 2.29. The molecular formula is C17H16F3NO5. The summed E-state index contributed by atoms with van der Waals surface area (Å²) >= 11 is 0. The van der Waals surface area contributed by atoms with Crippen LogP contribution in [0.2, 0.25) is 0 Å². The quantitative estimate of drug-likeness (QED) is 0.800. The number of carbonyl (C=O) groups excluding carboxylic acids is 1. The highest BCUT2D eigenvalue weighted by Gasteiger charge is 2.29. The van der Waals surface area contributed by atoms with Crippen molar-refractivity contribution < 1.29 is 37.0 Å². The van der Waals surface area contributed by atoms with E-state index >= 15 is 0 Å². The standard InChI is InChI=1S/C17H16F3NO5/c1-3-12-10(16(23)24)7-14(26-12)15(22)21-11-5-4-9(2)6-13(11)25-8-17(18,19)20/h4-7H,3,8H2,1-2H3,(H,21,22)(H,23,24). The number of ether oxygens (including phenoxy) is 1. The van der Waals surface area contributed by atoms with Crippen LogP contribution in [0.4, 0.5) is 18.9 Å². The lowest BCUT2D eigenvalue weighted by molar-refractivity contribution is -0.153. The van der Waals surface area contributed by atoms with Crippen LogP contribution in [-0.2, 0) is 6.42 Å². The van der Waals surface area contributed by atoms with E-state index in [-0.39, 0.29) is 34.9 Å². The molecule has 0 bridgehead atoms. The lowest BCUT2D eigenvalue weighted by Crippen LogP contribution is -2.20. The highest BCUT2D eigenvalue weighted by atomic mass is 19.4. The van der Waals surface area contributed by atoms with Crippen LogP contribution in [0.5, 0.6) is 5.75 Å². The summed E-state index contributed by atoms with van der Waals surface area (Å²) in [6, 6.07) is 5.39. The van der Waals surface area contributed by atoms with Crippen molar-refractivity contribution in [2.45, 2.75) is 26.4 Å². The summed E-state index contributed by atoms with van der Waals surface area (Å²) in [7, 11) is 0. The van der Waals surface area contributed by atoms with Crippen molar-refractivity contribution in [2.75, 3.05) is 11.9 Å². The van der Waals surface area contributed by atoms with E-state index in [9.17, 15) is 22.8 Å². The topological polar surface area (TPSA) is 88.8 Å². The minimum atomic E-state index is -4.53. The maximum atomic E-state index is 12.4. The number of aromatic carboxylic acids is 1. The Hall–Kier alpha value is -2.97. The first-order chi connectivity index (χ1) is 12.1. The van der Waals surface area contributed by atoms with Crippen molar-refractivity contribution >= 4 is 17.6 Å². The Morgan fingerprint density at radius 3 is 2.50 bits per heavy atom. The molecule has 0 radical (unpaired) electrons. The van der Waals surface area contributed by atoms with Gasteiger partial charge in [0.25, 0.3) is 5.91 Å². The number of halogens is 3. The fourth-order valence-electron chi connectivity index (χ4n) is 2.18. The van der Waals surface area contributed by atoms with Crippen molar-refractivity contribution in [3.05, 3.63) is 46.9 Å². The largest absolute Gasteiger partial charge is 0.482 e. The minimum absolute atomic E-state index is 0.0103. The Morgan fingerprint density at radius 1 is 1.27 bits per heavy atom. The number of benzene rings is 1. The summed E-state index contributed by atoms with van der Waals surface area (Å²) in [4.78, 5) is 23.4. The molecule has 1 aromatic heterocycles. The van der Waals surface area contributed by atoms with Gasteiger partial charge in [-0.2, -0.15) is 13.2 Å². The van der Waals surface area contributed by atoms with Crippen molar-refractivity contribution in [3.8, 4) is 5.75 Å². The lowest BCUT2D eigenvalue weighted by atomic mass is 10.2. The monoisotopic (exact) mass is 371 g/mol. The third-order valence-electron chi connectivity index (χ3n) is 3.36. The maximum Gasteiger partial charge on any atom is 0.422 e. The second-order valence-corrected chi connectivity index (χ2v) is 5.46. The molecule has 2 N–H and O–H groups in total. The molecule has 0 spiro atoms. The predicted octanol–water partition coefficient (Wildman–Crippen LogP) is 4.04. The van der Waals surface area contributed by atoms with Crippen LogP contribution in [0.1, 0.15) is 39.2 Å². The minimum Gasteiger partial charge on any atom is -0.482 e. The van der Waals surface area contributed by atoms with Gasteiger partial charge >= 0.3 is 12.1 Å². The Bertz CT molecular complexity index is 826. The molecule has 0 atom stereocenters. The van der Waals surface area contributed by atoms with Crippen molar-refractivity contribution in [1.82, 2.24) is 0 Å². The number of nitrogens with one attached hydrogen (secondary N) is 1. The first kappa shape index (κ1) is 19.4. The fourth-order valence-corrected chi connectivity index (χ4v) is 2.18. The molecule has 0 aliphatic rings. The van der Waals surface area contributed by atoms with E-state index in [0.717, 1.165) is 6.07 Å². The molecule has 1 aromatic carbocycles. The van der Waals surface area contributed by atoms with Crippen LogP contribution in [0.25, 0.3) is 0 Å². The van der Waals surface area contributed by atoms with Gasteiger partial charge in [-0.1, -0.05) is 13.0 Å². The third kappa shape index (κ3) is 4.78. The number of anilines is 1. The van der Waals surface area contributed by atoms with E-state index in [4.69, 9.17) is 14.3 Å². The number of carbonyl (C=O) groups is 2. The molecule has 0 saturated heterocycles. The van der Waals surface area contributed by atoms with Gasteiger partial charge in [0.1, 0.15) is 17.1 Å². The molecule has 1 amide bonds. The molecule has 2 rings (SSSR count). The van der Waals surface area contributed by atoms with E-state index in [2.05, 4.69) is 5.32 Å². The number of aryl methyl sites for hydroxylation is 2. The van der Waals surface area contributed by atoms with Crippen LogP contribution >= 0.6 is 0 Å². The van der Waals surface area contributed by atoms with E-state index in [0.29, 0.717) is 5.56 Å². The molecule has 140 valence electrons. The summed E-state index contributed by atoms with van der Waals surface area (Å²) < 4.78 is 47.1. The lowest BCUT2D eigenvalue weighted by Gasteiger charge is -2.14. The summed E-state index contributed by atoms with van der Waals surface area (Å²) in [5.74, 6) is -2.33. The highest BCUT2D eigenvalue weighted by molar-refractivity contribution is 6.04. The molecule has 6 nitrogen and oxygen atoms in total. The average molecular weight is 371 g/mol. The molecule has 1 heterocycles. The van der Waals surface area contributed by atoms with E-state index < -0.39 is 24.7 Å². The van der Waals surface area contributed by atoms with Gasteiger partial charge in [0.15, 0.2) is 12.4 Å². The molecule has 0 aliphatic carbocycles. The van der Waals surface area contributed by atoms with E-state index in [1.165, 1.54) is 12.1 Å². The molecule has 2 aromatic rings. The zero-order valence-corrected chi connectivity index (χ0v) is 13.9. The molecule has 0 unspecified atom stereocenters. The number of alkyl halides is 3. The Balaban J connectivity index is 2.25. The van der Waals surface area contributed by atoms with Gasteiger partial charge in [-0.05, 0) is 24.6 Å². The number of amides is 1. The second-order valence-electron chi connectivity index (χ2n) is 5.46. The third-order valence-corrected chi connectivity index (χ3v) is 3.36. The van der Waals surface area contributed by atoms with E-state index in [1.807, 2.05) is 0 Å². The SMILES string of the molecule is CCc1oc(C(=O)Nc2ccc(C)cc2OCC(F)(F)F)cc1C(=O)O. The summed E-state index contributed by atoms with van der Waals surface area (Å²) in [6.45, 7) is 1.81. The van der Waals surface area contributed by atoms with Gasteiger partial charge < -0.3 is 19.6 Å². The Kier molecular flexibility index (Phi) is 5.59. The molecule has 0 aliphatic heterocycles. The van der Waals surface area contributed by atoms with Crippen LogP contribution < -0.4 is 10.1 Å². The normalized spacial score (nSPS) is 11.3. The van der Waals surface area contributed by atoms with Crippen LogP contribution in [0, 0.1) is 6.92 Å². The summed E-state index contributed by atoms with van der Waals surface area (Å²) in [6.07, 6.45) is -4.27. The van der Waals surface area contributed by atoms with Gasteiger partial charge in [-0.15, -0.1) is 0 Å². The zero-order valence-electron chi connectivity index (χ0n) is 13.9. The van der Waals surface area contributed by atoms with Crippen LogP contribution in [0.3, 0.4) is 0 Å². The zero-order chi connectivity index (χ0) is 19.5. The van der Waals surface area contributed by atoms with Crippen molar-refractivity contribution in [3.63, 3.8) is 0 Å². The van der Waals surface area contributed by atoms with Crippen LogP contribution in [0.15, 0.2) is 28.7 Å². The Labute approximate surface area is 146 Å². The van der Waals surface area contributed by atoms with Crippen molar-refractivity contribution in [2.24, 2.45) is 0 Å². The fraction of sp³-hybridized carbons (Fsp3) is 0.294. The second kappa shape index (κ2) is 7.51. The maximum absolute atomic E-state index is 12.4. The molecular weight excluding hydrogens is 355 g/mol. The first-order valence-electron chi connectivity index (χ1n) is 7.58. The van der Waals surface area contributed by atoms with Crippen LogP contribution in [-0.4, -0.2) is 29.8 Å². The molecule has 9 heteroatoms. The number of hydrogen-bond acceptors (Lipinski definition) is 4. The van der Waals surface area contributed by atoms with Gasteiger partial charge in [-0.25, -0.2) is 4.79 Å². The summed E-state index contributed by atoms with van der Waals surface area (Å²) in [5.41, 5.74) is 0.505. The molecule has 0 fully saturated rings. The predicted molar refractivity (Wildman–Crippen MR) is 85.7 cm³/mol. The number of furan rings is 1. The summed E-state index contributed by atoms with van der Waals surface area (Å²) in [5, 5.41) is 11.5. The number of rotatable bonds is 6. The van der Waals surface area contributed by atoms with Crippen molar-refractivity contribution in [1.29, 1.82) is 0 Å². The van der Waals surface area contributed by atoms with E-state index in [1.54, 1.807) is 19.9 Å². The number of carboxylic acid groups (broad SMARTS) is 1. The number of carboxylic acids is 1. The van der Waals surface area contributed by atoms with Gasteiger partial charge in [0.05, 0.1) is 5.69 Å². The smallest absolute Gasteiger partial charge is 0.422 e. The van der Waals surface area contributed by atoms with Gasteiger partial charge in [0.2, 0.25) is 0 Å².